The Kier molecular flexibility index (Phi) is 5.21. The highest BCUT2D eigenvalue weighted by Gasteiger charge is 2.17. The van der Waals surface area contributed by atoms with Crippen LogP contribution >= 0.6 is 0 Å². The third-order valence-corrected chi connectivity index (χ3v) is 3.39. The molecule has 0 aliphatic heterocycles. The molecule has 0 unspecified atom stereocenters. The number of carbonyl (C=O) groups is 1. The standard InChI is InChI=1S/C18H20O5/c1-11(2)8-9-14-17(20)16-13(10-22-12(3)19)6-5-7-15(16)23-18(14)21-4/h5-8H,9-10H2,1-4H3. The van der Waals surface area contributed by atoms with Gasteiger partial charge < -0.3 is 13.9 Å². The van der Waals surface area contributed by atoms with Crippen molar-refractivity contribution in [1.29, 1.82) is 0 Å². The second-order valence-corrected chi connectivity index (χ2v) is 5.46. The Bertz CT molecular complexity index is 810. The first kappa shape index (κ1) is 16.8. The van der Waals surface area contributed by atoms with E-state index in [-0.39, 0.29) is 18.0 Å². The van der Waals surface area contributed by atoms with Crippen molar-refractivity contribution in [3.05, 3.63) is 51.2 Å². The van der Waals surface area contributed by atoms with Gasteiger partial charge in [-0.1, -0.05) is 23.8 Å². The van der Waals surface area contributed by atoms with Crippen LogP contribution in [0, 0.1) is 0 Å². The van der Waals surface area contributed by atoms with E-state index in [1.165, 1.54) is 14.0 Å². The van der Waals surface area contributed by atoms with E-state index >= 15 is 0 Å². The maximum atomic E-state index is 12.9. The zero-order valence-electron chi connectivity index (χ0n) is 13.8. The first-order valence-electron chi connectivity index (χ1n) is 7.32. The maximum absolute atomic E-state index is 12.9. The van der Waals surface area contributed by atoms with Crippen molar-refractivity contribution in [2.75, 3.05) is 7.11 Å². The van der Waals surface area contributed by atoms with Crippen LogP contribution in [0.3, 0.4) is 0 Å². The van der Waals surface area contributed by atoms with E-state index < -0.39 is 5.97 Å². The Balaban J connectivity index is 2.64. The van der Waals surface area contributed by atoms with Crippen molar-refractivity contribution in [3.63, 3.8) is 0 Å². The minimum absolute atomic E-state index is 0.0336. The summed E-state index contributed by atoms with van der Waals surface area (Å²) in [5.41, 5.74) is 2.42. The molecule has 1 heterocycles. The monoisotopic (exact) mass is 316 g/mol. The van der Waals surface area contributed by atoms with Crippen molar-refractivity contribution in [1.82, 2.24) is 0 Å². The largest absolute Gasteiger partial charge is 0.468 e. The number of carbonyl (C=O) groups excluding carboxylic acids is 1. The molecule has 0 N–H and O–H groups in total. The van der Waals surface area contributed by atoms with Crippen LogP contribution in [0.4, 0.5) is 0 Å². The average molecular weight is 316 g/mol. The fourth-order valence-electron chi connectivity index (χ4n) is 2.27. The van der Waals surface area contributed by atoms with Crippen LogP contribution in [-0.4, -0.2) is 13.1 Å². The predicted molar refractivity (Wildman–Crippen MR) is 87.6 cm³/mol. The van der Waals surface area contributed by atoms with Gasteiger partial charge in [0, 0.05) is 18.9 Å². The van der Waals surface area contributed by atoms with Crippen molar-refractivity contribution in [2.24, 2.45) is 0 Å². The zero-order valence-corrected chi connectivity index (χ0v) is 13.8. The van der Waals surface area contributed by atoms with Gasteiger partial charge in [0.25, 0.3) is 5.95 Å². The minimum atomic E-state index is -0.398. The number of hydrogen-bond donors (Lipinski definition) is 0. The summed E-state index contributed by atoms with van der Waals surface area (Å²) < 4.78 is 16.0. The molecule has 0 aliphatic rings. The highest BCUT2D eigenvalue weighted by molar-refractivity contribution is 5.81. The molecule has 2 aromatic rings. The van der Waals surface area contributed by atoms with Crippen molar-refractivity contribution in [2.45, 2.75) is 33.8 Å². The van der Waals surface area contributed by atoms with Gasteiger partial charge in [0.1, 0.15) is 12.2 Å². The van der Waals surface area contributed by atoms with Gasteiger partial charge in [-0.15, -0.1) is 0 Å². The summed E-state index contributed by atoms with van der Waals surface area (Å²) in [5, 5.41) is 0.423. The van der Waals surface area contributed by atoms with Gasteiger partial charge >= 0.3 is 5.97 Å². The first-order valence-corrected chi connectivity index (χ1v) is 7.32. The van der Waals surface area contributed by atoms with E-state index in [1.807, 2.05) is 19.9 Å². The lowest BCUT2D eigenvalue weighted by Gasteiger charge is -2.10. The smallest absolute Gasteiger partial charge is 0.302 e. The van der Waals surface area contributed by atoms with Crippen LogP contribution in [0.25, 0.3) is 11.0 Å². The molecule has 122 valence electrons. The van der Waals surface area contributed by atoms with Crippen LogP contribution in [0.15, 0.2) is 39.1 Å². The molecule has 5 heteroatoms. The second-order valence-electron chi connectivity index (χ2n) is 5.46. The number of methoxy groups -OCH3 is 1. The lowest BCUT2D eigenvalue weighted by molar-refractivity contribution is -0.142. The van der Waals surface area contributed by atoms with Gasteiger partial charge in [0.15, 0.2) is 0 Å². The highest BCUT2D eigenvalue weighted by Crippen LogP contribution is 2.25. The molecule has 0 radical (unpaired) electrons. The Morgan fingerprint density at radius 2 is 2.00 bits per heavy atom. The van der Waals surface area contributed by atoms with E-state index in [0.29, 0.717) is 28.5 Å². The average Bonchev–Trinajstić information content (AvgIpc) is 2.51. The van der Waals surface area contributed by atoms with E-state index in [4.69, 9.17) is 13.9 Å². The van der Waals surface area contributed by atoms with E-state index in [2.05, 4.69) is 0 Å². The molecule has 0 bridgehead atoms. The lowest BCUT2D eigenvalue weighted by atomic mass is 10.0. The van der Waals surface area contributed by atoms with E-state index in [0.717, 1.165) is 5.57 Å². The van der Waals surface area contributed by atoms with Gasteiger partial charge in [-0.25, -0.2) is 0 Å². The number of rotatable bonds is 5. The fraction of sp³-hybridized carbons (Fsp3) is 0.333. The van der Waals surface area contributed by atoms with Gasteiger partial charge in [-0.2, -0.15) is 0 Å². The number of fused-ring (bicyclic) bond motifs is 1. The molecule has 5 nitrogen and oxygen atoms in total. The molecule has 0 fully saturated rings. The van der Waals surface area contributed by atoms with Crippen LogP contribution in [-0.2, 0) is 22.6 Å². The summed E-state index contributed by atoms with van der Waals surface area (Å²) in [4.78, 5) is 23.9. The molecule has 2 rings (SSSR count). The third kappa shape index (κ3) is 3.80. The van der Waals surface area contributed by atoms with Crippen LogP contribution < -0.4 is 10.2 Å². The predicted octanol–water partition coefficient (Wildman–Crippen LogP) is 3.37. The van der Waals surface area contributed by atoms with Gasteiger partial charge in [-0.05, 0) is 19.9 Å². The fourth-order valence-corrected chi connectivity index (χ4v) is 2.27. The molecular formula is C18H20O5. The van der Waals surface area contributed by atoms with Gasteiger partial charge in [0.2, 0.25) is 5.43 Å². The Hall–Kier alpha value is -2.56. The van der Waals surface area contributed by atoms with Crippen LogP contribution in [0.1, 0.15) is 31.9 Å². The van der Waals surface area contributed by atoms with Crippen molar-refractivity contribution in [3.8, 4) is 5.95 Å². The van der Waals surface area contributed by atoms with Gasteiger partial charge in [-0.3, -0.25) is 9.59 Å². The summed E-state index contributed by atoms with van der Waals surface area (Å²) in [6.45, 7) is 5.28. The number of allylic oxidation sites excluding steroid dienone is 2. The number of ether oxygens (including phenoxy) is 2. The highest BCUT2D eigenvalue weighted by atomic mass is 16.6. The second kappa shape index (κ2) is 7.13. The van der Waals surface area contributed by atoms with Crippen LogP contribution in [0.5, 0.6) is 5.95 Å². The third-order valence-electron chi connectivity index (χ3n) is 3.39. The van der Waals surface area contributed by atoms with E-state index in [9.17, 15) is 9.59 Å². The normalized spacial score (nSPS) is 10.4. The maximum Gasteiger partial charge on any atom is 0.302 e. The van der Waals surface area contributed by atoms with Gasteiger partial charge in [0.05, 0.1) is 18.1 Å². The minimum Gasteiger partial charge on any atom is -0.468 e. The number of benzene rings is 1. The Labute approximate surface area is 134 Å². The zero-order chi connectivity index (χ0) is 17.0. The first-order chi connectivity index (χ1) is 10.9. The quantitative estimate of drug-likeness (QED) is 0.625. The van der Waals surface area contributed by atoms with Crippen molar-refractivity contribution < 1.29 is 18.7 Å². The van der Waals surface area contributed by atoms with Crippen molar-refractivity contribution >= 4 is 16.9 Å². The molecule has 0 saturated carbocycles. The molecule has 0 spiro atoms. The number of hydrogen-bond acceptors (Lipinski definition) is 5. The number of esters is 1. The van der Waals surface area contributed by atoms with E-state index in [1.54, 1.807) is 18.2 Å². The molecule has 0 aliphatic carbocycles. The molecule has 0 amide bonds. The molecule has 23 heavy (non-hydrogen) atoms. The topological polar surface area (TPSA) is 65.7 Å². The molecule has 0 saturated heterocycles. The molecule has 1 aromatic heterocycles. The molecular weight excluding hydrogens is 296 g/mol. The summed E-state index contributed by atoms with van der Waals surface area (Å²) in [6, 6.07) is 5.19. The summed E-state index contributed by atoms with van der Waals surface area (Å²) >= 11 is 0. The summed E-state index contributed by atoms with van der Waals surface area (Å²) in [6.07, 6.45) is 2.36. The SMILES string of the molecule is COc1oc2cccc(COC(C)=O)c2c(=O)c1CC=C(C)C. The molecule has 1 aromatic carbocycles. The lowest BCUT2D eigenvalue weighted by Crippen LogP contribution is -2.13. The Morgan fingerprint density at radius 1 is 1.26 bits per heavy atom. The molecule has 0 atom stereocenters. The summed E-state index contributed by atoms with van der Waals surface area (Å²) in [5.74, 6) is -0.186. The summed E-state index contributed by atoms with van der Waals surface area (Å²) in [7, 11) is 1.47. The Morgan fingerprint density at radius 3 is 2.61 bits per heavy atom. The van der Waals surface area contributed by atoms with Crippen LogP contribution in [0.2, 0.25) is 0 Å².